The maximum atomic E-state index is 12.2. The van der Waals surface area contributed by atoms with Gasteiger partial charge in [0.15, 0.2) is 0 Å². The van der Waals surface area contributed by atoms with Gasteiger partial charge in [0.2, 0.25) is 0 Å². The Morgan fingerprint density at radius 3 is 2.39 bits per heavy atom. The van der Waals surface area contributed by atoms with Gasteiger partial charge in [-0.05, 0) is 31.9 Å². The molecule has 0 heterocycles. The number of amides is 1. The van der Waals surface area contributed by atoms with Gasteiger partial charge in [-0.15, -0.1) is 0 Å². The first-order valence-electron chi connectivity index (χ1n) is 6.09. The average molecular weight is 251 g/mol. The summed E-state index contributed by atoms with van der Waals surface area (Å²) in [5, 5.41) is 21.4. The number of aliphatic hydroxyl groups is 2. The lowest BCUT2D eigenvalue weighted by Crippen LogP contribution is -2.53. The number of nitrogens with one attached hydrogen (secondary N) is 1. The summed E-state index contributed by atoms with van der Waals surface area (Å²) in [6, 6.07) is 5.63. The lowest BCUT2D eigenvalue weighted by atomic mass is 9.96. The first-order chi connectivity index (χ1) is 8.48. The third-order valence-electron chi connectivity index (χ3n) is 3.30. The zero-order valence-corrected chi connectivity index (χ0v) is 11.2. The molecule has 0 bridgehead atoms. The highest BCUT2D eigenvalue weighted by Gasteiger charge is 2.29. The van der Waals surface area contributed by atoms with Crippen LogP contribution in [0, 0.1) is 13.8 Å². The number of aryl methyl sites for hydroxylation is 2. The van der Waals surface area contributed by atoms with Crippen LogP contribution in [-0.2, 0) is 0 Å². The normalized spacial score (nSPS) is 11.4. The molecule has 0 aliphatic heterocycles. The monoisotopic (exact) mass is 251 g/mol. The molecule has 0 aliphatic rings. The summed E-state index contributed by atoms with van der Waals surface area (Å²) >= 11 is 0. The smallest absolute Gasteiger partial charge is 0.252 e. The summed E-state index contributed by atoms with van der Waals surface area (Å²) in [7, 11) is 0. The van der Waals surface area contributed by atoms with E-state index >= 15 is 0 Å². The molecule has 0 saturated carbocycles. The zero-order chi connectivity index (χ0) is 13.8. The van der Waals surface area contributed by atoms with Crippen molar-refractivity contribution in [2.75, 3.05) is 13.2 Å². The average Bonchev–Trinajstić information content (AvgIpc) is 2.38. The summed E-state index contributed by atoms with van der Waals surface area (Å²) in [6.45, 7) is 5.03. The molecule has 1 rings (SSSR count). The van der Waals surface area contributed by atoms with Gasteiger partial charge in [0, 0.05) is 5.56 Å². The maximum Gasteiger partial charge on any atom is 0.252 e. The molecule has 0 radical (unpaired) electrons. The van der Waals surface area contributed by atoms with E-state index in [0.29, 0.717) is 12.0 Å². The highest BCUT2D eigenvalue weighted by atomic mass is 16.3. The third-order valence-corrected chi connectivity index (χ3v) is 3.30. The van der Waals surface area contributed by atoms with Gasteiger partial charge >= 0.3 is 0 Å². The largest absolute Gasteiger partial charge is 0.394 e. The summed E-state index contributed by atoms with van der Waals surface area (Å²) in [5.74, 6) is -0.263. The lowest BCUT2D eigenvalue weighted by molar-refractivity contribution is 0.0652. The molecule has 1 aromatic carbocycles. The standard InChI is InChI=1S/C14H21NO3/c1-4-14(8-16,9-17)15-13(18)12-7-10(2)5-6-11(12)3/h5-7,16-17H,4,8-9H2,1-3H3,(H,15,18). The van der Waals surface area contributed by atoms with Crippen molar-refractivity contribution in [2.45, 2.75) is 32.7 Å². The SMILES string of the molecule is CCC(CO)(CO)NC(=O)c1cc(C)ccc1C. The van der Waals surface area contributed by atoms with Gasteiger partial charge in [-0.25, -0.2) is 0 Å². The van der Waals surface area contributed by atoms with E-state index in [1.165, 1.54) is 0 Å². The lowest BCUT2D eigenvalue weighted by Gasteiger charge is -2.30. The van der Waals surface area contributed by atoms with Crippen LogP contribution in [0.2, 0.25) is 0 Å². The molecular weight excluding hydrogens is 230 g/mol. The summed E-state index contributed by atoms with van der Waals surface area (Å²) in [5.41, 5.74) is 1.50. The number of carbonyl (C=O) groups excluding carboxylic acids is 1. The Labute approximate surface area is 108 Å². The van der Waals surface area contributed by atoms with Crippen molar-refractivity contribution in [3.05, 3.63) is 34.9 Å². The van der Waals surface area contributed by atoms with Crippen molar-refractivity contribution in [3.63, 3.8) is 0 Å². The topological polar surface area (TPSA) is 69.6 Å². The quantitative estimate of drug-likeness (QED) is 0.735. The van der Waals surface area contributed by atoms with Gasteiger partial charge in [0.25, 0.3) is 5.91 Å². The molecule has 0 unspecified atom stereocenters. The predicted molar refractivity (Wildman–Crippen MR) is 70.6 cm³/mol. The number of benzene rings is 1. The van der Waals surface area contributed by atoms with Crippen molar-refractivity contribution in [3.8, 4) is 0 Å². The van der Waals surface area contributed by atoms with E-state index in [1.54, 1.807) is 6.07 Å². The van der Waals surface area contributed by atoms with Gasteiger partial charge in [-0.2, -0.15) is 0 Å². The Kier molecular flexibility index (Phi) is 4.87. The summed E-state index contributed by atoms with van der Waals surface area (Å²) in [6.07, 6.45) is 0.469. The first kappa shape index (κ1) is 14.7. The van der Waals surface area contributed by atoms with Gasteiger partial charge in [0.1, 0.15) is 0 Å². The molecule has 0 fully saturated rings. The van der Waals surface area contributed by atoms with Crippen LogP contribution in [0.3, 0.4) is 0 Å². The fourth-order valence-electron chi connectivity index (χ4n) is 1.73. The Bertz CT molecular complexity index is 417. The Morgan fingerprint density at radius 2 is 1.89 bits per heavy atom. The molecule has 0 spiro atoms. The van der Waals surface area contributed by atoms with E-state index in [9.17, 15) is 15.0 Å². The Hall–Kier alpha value is -1.39. The second-order valence-corrected chi connectivity index (χ2v) is 4.72. The van der Waals surface area contributed by atoms with Crippen LogP contribution < -0.4 is 5.32 Å². The minimum Gasteiger partial charge on any atom is -0.394 e. The van der Waals surface area contributed by atoms with Crippen molar-refractivity contribution in [1.29, 1.82) is 0 Å². The first-order valence-corrected chi connectivity index (χ1v) is 6.09. The van der Waals surface area contributed by atoms with Crippen molar-refractivity contribution >= 4 is 5.91 Å². The third kappa shape index (κ3) is 3.09. The fraction of sp³-hybridized carbons (Fsp3) is 0.500. The molecule has 0 atom stereocenters. The van der Waals surface area contributed by atoms with Crippen LogP contribution in [0.4, 0.5) is 0 Å². The molecule has 0 saturated heterocycles. The highest BCUT2D eigenvalue weighted by Crippen LogP contribution is 2.14. The number of carbonyl (C=O) groups is 1. The molecule has 100 valence electrons. The van der Waals surface area contributed by atoms with E-state index in [4.69, 9.17) is 0 Å². The Balaban J connectivity index is 2.97. The molecular formula is C14H21NO3. The fourth-order valence-corrected chi connectivity index (χ4v) is 1.73. The van der Waals surface area contributed by atoms with Crippen LogP contribution in [0.15, 0.2) is 18.2 Å². The molecule has 1 amide bonds. The van der Waals surface area contributed by atoms with Crippen molar-refractivity contribution < 1.29 is 15.0 Å². The molecule has 0 aliphatic carbocycles. The second-order valence-electron chi connectivity index (χ2n) is 4.72. The van der Waals surface area contributed by atoms with Gasteiger partial charge in [-0.3, -0.25) is 4.79 Å². The molecule has 18 heavy (non-hydrogen) atoms. The summed E-state index contributed by atoms with van der Waals surface area (Å²) in [4.78, 5) is 12.2. The van der Waals surface area contributed by atoms with Crippen LogP contribution >= 0.6 is 0 Å². The molecule has 3 N–H and O–H groups in total. The highest BCUT2D eigenvalue weighted by molar-refractivity contribution is 5.96. The van der Waals surface area contributed by atoms with Crippen molar-refractivity contribution in [1.82, 2.24) is 5.32 Å². The summed E-state index contributed by atoms with van der Waals surface area (Å²) < 4.78 is 0. The molecule has 4 nitrogen and oxygen atoms in total. The minimum atomic E-state index is -0.951. The van der Waals surface area contributed by atoms with E-state index in [-0.39, 0.29) is 19.1 Å². The van der Waals surface area contributed by atoms with Gasteiger partial charge in [-0.1, -0.05) is 24.6 Å². The van der Waals surface area contributed by atoms with Gasteiger partial charge < -0.3 is 15.5 Å². The number of hydrogen-bond donors (Lipinski definition) is 3. The van der Waals surface area contributed by atoms with Crippen LogP contribution in [-0.4, -0.2) is 34.9 Å². The molecule has 1 aromatic rings. The van der Waals surface area contributed by atoms with E-state index < -0.39 is 5.54 Å². The van der Waals surface area contributed by atoms with Crippen LogP contribution in [0.25, 0.3) is 0 Å². The van der Waals surface area contributed by atoms with Crippen molar-refractivity contribution in [2.24, 2.45) is 0 Å². The predicted octanol–water partition coefficient (Wildman–Crippen LogP) is 1.17. The van der Waals surface area contributed by atoms with E-state index in [0.717, 1.165) is 11.1 Å². The zero-order valence-electron chi connectivity index (χ0n) is 11.2. The van der Waals surface area contributed by atoms with E-state index in [2.05, 4.69) is 5.32 Å². The number of rotatable bonds is 5. The number of hydrogen-bond acceptors (Lipinski definition) is 3. The maximum absolute atomic E-state index is 12.2. The minimum absolute atomic E-state index is 0.263. The Morgan fingerprint density at radius 1 is 1.28 bits per heavy atom. The molecule has 0 aromatic heterocycles. The van der Waals surface area contributed by atoms with Gasteiger partial charge in [0.05, 0.1) is 18.8 Å². The second kappa shape index (κ2) is 5.98. The molecule has 4 heteroatoms. The van der Waals surface area contributed by atoms with Crippen LogP contribution in [0.1, 0.15) is 34.8 Å². The van der Waals surface area contributed by atoms with E-state index in [1.807, 2.05) is 32.9 Å². The number of aliphatic hydroxyl groups excluding tert-OH is 2. The van der Waals surface area contributed by atoms with Crippen LogP contribution in [0.5, 0.6) is 0 Å².